The van der Waals surface area contributed by atoms with Crippen LogP contribution >= 0.6 is 11.8 Å². The molecule has 2 heterocycles. The highest BCUT2D eigenvalue weighted by molar-refractivity contribution is 8.00. The molecule has 1 amide bonds. The molecule has 2 aromatic rings. The van der Waals surface area contributed by atoms with Crippen molar-refractivity contribution in [3.8, 4) is 11.5 Å². The molecule has 0 unspecified atom stereocenters. The van der Waals surface area contributed by atoms with Crippen LogP contribution in [0.5, 0.6) is 11.5 Å². The lowest BCUT2D eigenvalue weighted by molar-refractivity contribution is -0.115. The fourth-order valence-electron chi connectivity index (χ4n) is 2.70. The summed E-state index contributed by atoms with van der Waals surface area (Å²) in [7, 11) is 0. The van der Waals surface area contributed by atoms with Crippen molar-refractivity contribution in [3.05, 3.63) is 48.0 Å². The largest absolute Gasteiger partial charge is 0.454 e. The molecule has 6 heteroatoms. The van der Waals surface area contributed by atoms with Crippen molar-refractivity contribution in [2.45, 2.75) is 5.37 Å². The number of nitrogen functional groups attached to an aromatic ring is 1. The zero-order valence-electron chi connectivity index (χ0n) is 11.7. The Hall–Kier alpha value is -2.34. The third-order valence-corrected chi connectivity index (χ3v) is 4.96. The number of hydrogen-bond donors (Lipinski definition) is 1. The minimum Gasteiger partial charge on any atom is -0.454 e. The number of thioether (sulfide) groups is 1. The fraction of sp³-hybridized carbons (Fsp3) is 0.188. The zero-order chi connectivity index (χ0) is 15.1. The lowest BCUT2D eigenvalue weighted by atomic mass is 10.1. The van der Waals surface area contributed by atoms with Gasteiger partial charge in [0.25, 0.3) is 0 Å². The minimum absolute atomic E-state index is 0.0668. The Balaban J connectivity index is 1.75. The second-order valence-corrected chi connectivity index (χ2v) is 6.16. The van der Waals surface area contributed by atoms with E-state index >= 15 is 0 Å². The van der Waals surface area contributed by atoms with Crippen LogP contribution in [-0.2, 0) is 4.79 Å². The highest BCUT2D eigenvalue weighted by Gasteiger charge is 2.35. The predicted octanol–water partition coefficient (Wildman–Crippen LogP) is 2.78. The average Bonchev–Trinajstić information content (AvgIpc) is 3.13. The molecule has 22 heavy (non-hydrogen) atoms. The summed E-state index contributed by atoms with van der Waals surface area (Å²) in [5, 5.41) is -0.117. The normalized spacial score (nSPS) is 19.7. The van der Waals surface area contributed by atoms with Crippen LogP contribution in [-0.4, -0.2) is 18.5 Å². The summed E-state index contributed by atoms with van der Waals surface area (Å²) in [6.07, 6.45) is 0. The summed E-state index contributed by atoms with van der Waals surface area (Å²) in [6, 6.07) is 13.2. The topological polar surface area (TPSA) is 64.8 Å². The van der Waals surface area contributed by atoms with Crippen molar-refractivity contribution >= 4 is 29.0 Å². The minimum atomic E-state index is -0.117. The number of ether oxygens (including phenoxy) is 2. The van der Waals surface area contributed by atoms with Crippen molar-refractivity contribution in [3.63, 3.8) is 0 Å². The van der Waals surface area contributed by atoms with E-state index in [2.05, 4.69) is 0 Å². The molecular weight excluding hydrogens is 300 g/mol. The maximum atomic E-state index is 12.4. The van der Waals surface area contributed by atoms with Gasteiger partial charge in [-0.2, -0.15) is 0 Å². The quantitative estimate of drug-likeness (QED) is 0.864. The van der Waals surface area contributed by atoms with Crippen LogP contribution in [0.3, 0.4) is 0 Å². The van der Waals surface area contributed by atoms with Crippen LogP contribution in [0.1, 0.15) is 10.9 Å². The van der Waals surface area contributed by atoms with Crippen LogP contribution in [0.2, 0.25) is 0 Å². The first-order valence-corrected chi connectivity index (χ1v) is 7.96. The third-order valence-electron chi connectivity index (χ3n) is 3.76. The number of amides is 1. The number of hydrogen-bond acceptors (Lipinski definition) is 5. The van der Waals surface area contributed by atoms with Gasteiger partial charge in [-0.1, -0.05) is 18.2 Å². The third kappa shape index (κ3) is 2.07. The summed E-state index contributed by atoms with van der Waals surface area (Å²) in [6.45, 7) is 0.219. The molecule has 1 saturated heterocycles. The van der Waals surface area contributed by atoms with Crippen molar-refractivity contribution < 1.29 is 14.3 Å². The molecule has 0 aliphatic carbocycles. The molecule has 0 saturated carbocycles. The van der Waals surface area contributed by atoms with E-state index in [0.29, 0.717) is 22.9 Å². The maximum Gasteiger partial charge on any atom is 0.238 e. The van der Waals surface area contributed by atoms with Gasteiger partial charge in [-0.05, 0) is 18.2 Å². The number of carbonyl (C=O) groups excluding carboxylic acids is 1. The first kappa shape index (κ1) is 13.3. The van der Waals surface area contributed by atoms with Crippen molar-refractivity contribution in [1.29, 1.82) is 0 Å². The Labute approximate surface area is 132 Å². The average molecular weight is 314 g/mol. The molecule has 2 aromatic carbocycles. The van der Waals surface area contributed by atoms with E-state index in [9.17, 15) is 4.79 Å². The molecule has 0 radical (unpaired) electrons. The Bertz CT molecular complexity index is 750. The molecule has 1 atom stereocenters. The van der Waals surface area contributed by atoms with Gasteiger partial charge in [0.15, 0.2) is 11.5 Å². The summed E-state index contributed by atoms with van der Waals surface area (Å²) >= 11 is 1.58. The highest BCUT2D eigenvalue weighted by atomic mass is 32.2. The zero-order valence-corrected chi connectivity index (χ0v) is 12.5. The fourth-order valence-corrected chi connectivity index (χ4v) is 3.93. The first-order valence-electron chi connectivity index (χ1n) is 6.92. The molecule has 2 aliphatic rings. The summed E-state index contributed by atoms with van der Waals surface area (Å²) in [5.74, 6) is 1.88. The molecule has 1 fully saturated rings. The van der Waals surface area contributed by atoms with E-state index in [1.165, 1.54) is 0 Å². The smallest absolute Gasteiger partial charge is 0.238 e. The first-order chi connectivity index (χ1) is 10.7. The van der Waals surface area contributed by atoms with Gasteiger partial charge < -0.3 is 15.2 Å². The van der Waals surface area contributed by atoms with Crippen LogP contribution in [0.25, 0.3) is 0 Å². The van der Waals surface area contributed by atoms with Crippen LogP contribution in [0.15, 0.2) is 42.5 Å². The van der Waals surface area contributed by atoms with Crippen LogP contribution in [0.4, 0.5) is 11.4 Å². The number of carbonyl (C=O) groups is 1. The maximum absolute atomic E-state index is 12.4. The molecule has 2 aliphatic heterocycles. The van der Waals surface area contributed by atoms with Gasteiger partial charge in [-0.15, -0.1) is 11.8 Å². The van der Waals surface area contributed by atoms with Gasteiger partial charge in [0.05, 0.1) is 5.75 Å². The molecule has 5 nitrogen and oxygen atoms in total. The molecule has 4 rings (SSSR count). The molecule has 112 valence electrons. The molecule has 0 aromatic heterocycles. The van der Waals surface area contributed by atoms with Crippen LogP contribution in [0, 0.1) is 0 Å². The van der Waals surface area contributed by atoms with Crippen molar-refractivity contribution in [1.82, 2.24) is 0 Å². The Kier molecular flexibility index (Phi) is 3.11. The van der Waals surface area contributed by atoms with Gasteiger partial charge in [-0.25, -0.2) is 0 Å². The van der Waals surface area contributed by atoms with Gasteiger partial charge in [-0.3, -0.25) is 9.69 Å². The second kappa shape index (κ2) is 5.14. The number of para-hydroxylation sites is 1. The number of nitrogens with two attached hydrogens (primary N) is 1. The SMILES string of the molecule is Nc1ccccc1[C@H]1SCC(=O)N1c1ccc2c(c1)OCO2. The van der Waals surface area contributed by atoms with Crippen molar-refractivity contribution in [2.24, 2.45) is 0 Å². The Morgan fingerprint density at radius 2 is 1.95 bits per heavy atom. The molecule has 0 spiro atoms. The van der Waals surface area contributed by atoms with E-state index in [0.717, 1.165) is 11.3 Å². The number of benzene rings is 2. The monoisotopic (exact) mass is 314 g/mol. The van der Waals surface area contributed by atoms with E-state index in [4.69, 9.17) is 15.2 Å². The van der Waals surface area contributed by atoms with Gasteiger partial charge in [0, 0.05) is 23.0 Å². The van der Waals surface area contributed by atoms with Gasteiger partial charge >= 0.3 is 0 Å². The van der Waals surface area contributed by atoms with E-state index < -0.39 is 0 Å². The number of fused-ring (bicyclic) bond motifs is 1. The lowest BCUT2D eigenvalue weighted by Gasteiger charge is -2.25. The Morgan fingerprint density at radius 1 is 1.14 bits per heavy atom. The predicted molar refractivity (Wildman–Crippen MR) is 86.1 cm³/mol. The Morgan fingerprint density at radius 3 is 2.82 bits per heavy atom. The lowest BCUT2D eigenvalue weighted by Crippen LogP contribution is -2.28. The van der Waals surface area contributed by atoms with E-state index in [-0.39, 0.29) is 18.1 Å². The standard InChI is InChI=1S/C16H14N2O3S/c17-12-4-2-1-3-11(12)16-18(15(19)8-22-16)10-5-6-13-14(7-10)21-9-20-13/h1-7,16H,8-9,17H2/t16-/m1/s1. The molecular formula is C16H14N2O3S. The molecule has 0 bridgehead atoms. The summed E-state index contributed by atoms with van der Waals surface area (Å²) in [5.41, 5.74) is 8.53. The second-order valence-electron chi connectivity index (χ2n) is 5.09. The highest BCUT2D eigenvalue weighted by Crippen LogP contribution is 2.45. The molecule has 2 N–H and O–H groups in total. The van der Waals surface area contributed by atoms with Crippen LogP contribution < -0.4 is 20.1 Å². The van der Waals surface area contributed by atoms with E-state index in [1.807, 2.05) is 42.5 Å². The van der Waals surface area contributed by atoms with Gasteiger partial charge in [0.2, 0.25) is 12.7 Å². The summed E-state index contributed by atoms with van der Waals surface area (Å²) in [4.78, 5) is 14.1. The van der Waals surface area contributed by atoms with Gasteiger partial charge in [0.1, 0.15) is 5.37 Å². The van der Waals surface area contributed by atoms with E-state index in [1.54, 1.807) is 16.7 Å². The number of anilines is 2. The number of rotatable bonds is 2. The number of nitrogens with zero attached hydrogens (tertiary/aromatic N) is 1. The summed E-state index contributed by atoms with van der Waals surface area (Å²) < 4.78 is 10.7. The van der Waals surface area contributed by atoms with Crippen molar-refractivity contribution in [2.75, 3.05) is 23.2 Å².